The number of benzene rings is 1. The van der Waals surface area contributed by atoms with Crippen LogP contribution in [-0.4, -0.2) is 12.1 Å². The van der Waals surface area contributed by atoms with E-state index in [-0.39, 0.29) is 11.7 Å². The molecule has 0 aliphatic heterocycles. The van der Waals surface area contributed by atoms with Crippen molar-refractivity contribution < 1.29 is 9.59 Å². The molecule has 0 aliphatic carbocycles. The minimum atomic E-state index is -0.0306. The molecule has 1 rings (SSSR count). The second-order valence-electron chi connectivity index (χ2n) is 3.90. The molecule has 0 unspecified atom stereocenters. The van der Waals surface area contributed by atoms with Crippen molar-refractivity contribution in [3.63, 3.8) is 0 Å². The average Bonchev–Trinajstić information content (AvgIpc) is 2.26. The average molecular weight is 204 g/mol. The van der Waals surface area contributed by atoms with Crippen molar-refractivity contribution in [3.8, 4) is 0 Å². The minimum absolute atomic E-state index is 0.0306. The highest BCUT2D eigenvalue weighted by atomic mass is 16.1. The third-order valence-corrected chi connectivity index (χ3v) is 2.46. The molecule has 80 valence electrons. The molecule has 0 aliphatic rings. The number of rotatable bonds is 4. The van der Waals surface area contributed by atoms with E-state index in [0.717, 1.165) is 18.3 Å². The predicted octanol–water partition coefficient (Wildman–Crippen LogP) is 2.90. The van der Waals surface area contributed by atoms with Crippen molar-refractivity contribution >= 4 is 12.1 Å². The van der Waals surface area contributed by atoms with Gasteiger partial charge in [-0.05, 0) is 18.1 Å². The molecule has 0 fully saturated rings. The lowest BCUT2D eigenvalue weighted by Gasteiger charge is -2.07. The first-order valence-electron chi connectivity index (χ1n) is 5.22. The second-order valence-corrected chi connectivity index (χ2v) is 3.90. The fourth-order valence-electron chi connectivity index (χ4n) is 1.51. The largest absolute Gasteiger partial charge is 0.298 e. The molecule has 0 bridgehead atoms. The van der Waals surface area contributed by atoms with Crippen molar-refractivity contribution in [2.24, 2.45) is 5.92 Å². The lowest BCUT2D eigenvalue weighted by atomic mass is 9.96. The second kappa shape index (κ2) is 4.87. The van der Waals surface area contributed by atoms with E-state index in [2.05, 4.69) is 0 Å². The maximum Gasteiger partial charge on any atom is 0.165 e. The predicted molar refractivity (Wildman–Crippen MR) is 60.4 cm³/mol. The first kappa shape index (κ1) is 11.6. The van der Waals surface area contributed by atoms with Crippen LogP contribution in [0.25, 0.3) is 0 Å². The maximum absolute atomic E-state index is 11.7. The molecular formula is C13H16O2. The number of aldehydes is 1. The Balaban J connectivity index is 3.13. The topological polar surface area (TPSA) is 34.1 Å². The summed E-state index contributed by atoms with van der Waals surface area (Å²) in [6.07, 6.45) is 1.63. The van der Waals surface area contributed by atoms with Gasteiger partial charge in [0.25, 0.3) is 0 Å². The standard InChI is InChI=1S/C13H16O2/c1-4-10-5-6-11(7-12(10)8-14)13(15)9(2)3/h5-9H,4H2,1-3H3. The van der Waals surface area contributed by atoms with Crippen LogP contribution < -0.4 is 0 Å². The molecule has 0 aromatic heterocycles. The van der Waals surface area contributed by atoms with E-state index < -0.39 is 0 Å². The number of aryl methyl sites for hydroxylation is 1. The van der Waals surface area contributed by atoms with Gasteiger partial charge in [0.2, 0.25) is 0 Å². The molecule has 0 radical (unpaired) electrons. The summed E-state index contributed by atoms with van der Waals surface area (Å²) in [5.41, 5.74) is 2.25. The number of carbonyl (C=O) groups excluding carboxylic acids is 2. The zero-order chi connectivity index (χ0) is 11.4. The van der Waals surface area contributed by atoms with Gasteiger partial charge in [-0.1, -0.05) is 32.9 Å². The summed E-state index contributed by atoms with van der Waals surface area (Å²) < 4.78 is 0. The van der Waals surface area contributed by atoms with Crippen molar-refractivity contribution in [2.75, 3.05) is 0 Å². The number of carbonyl (C=O) groups is 2. The summed E-state index contributed by atoms with van der Waals surface area (Å²) in [6, 6.07) is 5.35. The minimum Gasteiger partial charge on any atom is -0.298 e. The van der Waals surface area contributed by atoms with Gasteiger partial charge in [0, 0.05) is 17.0 Å². The van der Waals surface area contributed by atoms with Crippen molar-refractivity contribution in [3.05, 3.63) is 34.9 Å². The van der Waals surface area contributed by atoms with Crippen LogP contribution in [0.4, 0.5) is 0 Å². The van der Waals surface area contributed by atoms with E-state index in [4.69, 9.17) is 0 Å². The summed E-state index contributed by atoms with van der Waals surface area (Å²) >= 11 is 0. The smallest absolute Gasteiger partial charge is 0.165 e. The summed E-state index contributed by atoms with van der Waals surface area (Å²) in [4.78, 5) is 22.5. The van der Waals surface area contributed by atoms with Gasteiger partial charge in [-0.25, -0.2) is 0 Å². The van der Waals surface area contributed by atoms with E-state index in [0.29, 0.717) is 11.1 Å². The summed E-state index contributed by atoms with van der Waals surface area (Å²) in [7, 11) is 0. The Morgan fingerprint density at radius 3 is 2.53 bits per heavy atom. The molecule has 1 aromatic rings. The Morgan fingerprint density at radius 1 is 1.40 bits per heavy atom. The fourth-order valence-corrected chi connectivity index (χ4v) is 1.51. The van der Waals surface area contributed by atoms with Crippen LogP contribution in [0.2, 0.25) is 0 Å². The Labute approximate surface area is 90.3 Å². The molecule has 0 atom stereocenters. The van der Waals surface area contributed by atoms with Crippen LogP contribution in [0.1, 0.15) is 47.1 Å². The highest BCUT2D eigenvalue weighted by Crippen LogP contribution is 2.14. The highest BCUT2D eigenvalue weighted by Gasteiger charge is 2.11. The Kier molecular flexibility index (Phi) is 3.78. The molecule has 2 heteroatoms. The quantitative estimate of drug-likeness (QED) is 0.558. The van der Waals surface area contributed by atoms with Crippen molar-refractivity contribution in [1.82, 2.24) is 0 Å². The van der Waals surface area contributed by atoms with Crippen LogP contribution in [0.3, 0.4) is 0 Å². The van der Waals surface area contributed by atoms with Gasteiger partial charge >= 0.3 is 0 Å². The van der Waals surface area contributed by atoms with E-state index in [1.807, 2.05) is 26.8 Å². The van der Waals surface area contributed by atoms with Gasteiger partial charge in [0.15, 0.2) is 5.78 Å². The summed E-state index contributed by atoms with van der Waals surface area (Å²) in [6.45, 7) is 5.71. The normalized spacial score (nSPS) is 10.4. The van der Waals surface area contributed by atoms with E-state index in [1.165, 1.54) is 0 Å². The van der Waals surface area contributed by atoms with Gasteiger partial charge in [-0.3, -0.25) is 9.59 Å². The molecule has 0 spiro atoms. The van der Waals surface area contributed by atoms with Crippen LogP contribution in [-0.2, 0) is 6.42 Å². The number of hydrogen-bond donors (Lipinski definition) is 0. The lowest BCUT2D eigenvalue weighted by Crippen LogP contribution is -2.08. The molecule has 2 nitrogen and oxygen atoms in total. The van der Waals surface area contributed by atoms with Crippen LogP contribution in [0.15, 0.2) is 18.2 Å². The number of hydrogen-bond acceptors (Lipinski definition) is 2. The molecule has 0 saturated heterocycles. The van der Waals surface area contributed by atoms with Gasteiger partial charge < -0.3 is 0 Å². The third-order valence-electron chi connectivity index (χ3n) is 2.46. The van der Waals surface area contributed by atoms with Crippen molar-refractivity contribution in [2.45, 2.75) is 27.2 Å². The zero-order valence-corrected chi connectivity index (χ0v) is 9.41. The first-order valence-corrected chi connectivity index (χ1v) is 5.22. The van der Waals surface area contributed by atoms with Gasteiger partial charge in [-0.15, -0.1) is 0 Å². The van der Waals surface area contributed by atoms with E-state index in [1.54, 1.807) is 12.1 Å². The van der Waals surface area contributed by atoms with E-state index in [9.17, 15) is 9.59 Å². The monoisotopic (exact) mass is 204 g/mol. The molecule has 1 aromatic carbocycles. The Morgan fingerprint density at radius 2 is 2.07 bits per heavy atom. The van der Waals surface area contributed by atoms with Gasteiger partial charge in [0.05, 0.1) is 0 Å². The van der Waals surface area contributed by atoms with Crippen LogP contribution in [0.5, 0.6) is 0 Å². The third kappa shape index (κ3) is 2.52. The lowest BCUT2D eigenvalue weighted by molar-refractivity contribution is 0.0939. The van der Waals surface area contributed by atoms with Gasteiger partial charge in [-0.2, -0.15) is 0 Å². The van der Waals surface area contributed by atoms with Crippen LogP contribution in [0, 0.1) is 5.92 Å². The summed E-state index contributed by atoms with van der Waals surface area (Å²) in [5, 5.41) is 0. The highest BCUT2D eigenvalue weighted by molar-refractivity contribution is 5.98. The molecule has 0 saturated carbocycles. The Hall–Kier alpha value is -1.44. The number of ketones is 1. The Bertz CT molecular complexity index is 378. The number of Topliss-reactive ketones (excluding diaryl/α,β-unsaturated/α-hetero) is 1. The summed E-state index contributed by atoms with van der Waals surface area (Å²) in [5.74, 6) is 0.0535. The van der Waals surface area contributed by atoms with E-state index >= 15 is 0 Å². The zero-order valence-electron chi connectivity index (χ0n) is 9.41. The molecule has 0 heterocycles. The maximum atomic E-state index is 11.7. The first-order chi connectivity index (χ1) is 7.10. The van der Waals surface area contributed by atoms with Gasteiger partial charge in [0.1, 0.15) is 6.29 Å². The molecule has 0 amide bonds. The fraction of sp³-hybridized carbons (Fsp3) is 0.385. The molecular weight excluding hydrogens is 188 g/mol. The van der Waals surface area contributed by atoms with Crippen molar-refractivity contribution in [1.29, 1.82) is 0 Å². The molecule has 0 N–H and O–H groups in total. The SMILES string of the molecule is CCc1ccc(C(=O)C(C)C)cc1C=O. The molecule has 15 heavy (non-hydrogen) atoms. The van der Waals surface area contributed by atoms with Crippen LogP contribution >= 0.6 is 0 Å².